The first-order valence-electron chi connectivity index (χ1n) is 5.75. The van der Waals surface area contributed by atoms with Gasteiger partial charge in [-0.2, -0.15) is 0 Å². The van der Waals surface area contributed by atoms with Gasteiger partial charge in [-0.1, -0.05) is 26.1 Å². The van der Waals surface area contributed by atoms with Crippen LogP contribution in [0.1, 0.15) is 19.4 Å². The molecule has 0 aliphatic heterocycles. The molecular weight excluding hydrogens is 248 g/mol. The number of hydrogen-bond acceptors (Lipinski definition) is 4. The molecule has 0 spiro atoms. The van der Waals surface area contributed by atoms with E-state index in [1.165, 1.54) is 0 Å². The van der Waals surface area contributed by atoms with E-state index in [1.807, 2.05) is 13.8 Å². The number of nitrogens with two attached hydrogens (primary N) is 1. The topological polar surface area (TPSA) is 80.0 Å². The first-order valence-corrected chi connectivity index (χ1v) is 6.16. The van der Waals surface area contributed by atoms with Crippen molar-refractivity contribution in [2.24, 2.45) is 11.7 Å². The molecule has 98 valence electrons. The standard InChI is InChI=1S/C12H18N4OS/c1-8(2)5-16-11(17)7-15-10-6-14-4-3-9(10)12(13)18/h3-4,6,8,15H,5,7H2,1-2H3,(H2,13,18)(H,16,17). The highest BCUT2D eigenvalue weighted by Gasteiger charge is 2.07. The van der Waals surface area contributed by atoms with E-state index in [4.69, 9.17) is 18.0 Å². The van der Waals surface area contributed by atoms with E-state index in [0.29, 0.717) is 23.7 Å². The maximum absolute atomic E-state index is 11.5. The van der Waals surface area contributed by atoms with Gasteiger partial charge in [-0.3, -0.25) is 9.78 Å². The molecule has 1 amide bonds. The van der Waals surface area contributed by atoms with Crippen molar-refractivity contribution in [1.29, 1.82) is 0 Å². The molecule has 0 radical (unpaired) electrons. The van der Waals surface area contributed by atoms with Gasteiger partial charge in [0.15, 0.2) is 0 Å². The van der Waals surface area contributed by atoms with Gasteiger partial charge >= 0.3 is 0 Å². The summed E-state index contributed by atoms with van der Waals surface area (Å²) >= 11 is 4.92. The van der Waals surface area contributed by atoms with Gasteiger partial charge in [0, 0.05) is 18.3 Å². The maximum Gasteiger partial charge on any atom is 0.239 e. The van der Waals surface area contributed by atoms with Crippen molar-refractivity contribution in [2.45, 2.75) is 13.8 Å². The van der Waals surface area contributed by atoms with Gasteiger partial charge < -0.3 is 16.4 Å². The fourth-order valence-corrected chi connectivity index (χ4v) is 1.48. The summed E-state index contributed by atoms with van der Waals surface area (Å²) in [6, 6.07) is 1.72. The molecule has 0 fully saturated rings. The molecular formula is C12H18N4OS. The van der Waals surface area contributed by atoms with Gasteiger partial charge in [-0.15, -0.1) is 0 Å². The minimum atomic E-state index is -0.0681. The molecule has 1 aromatic heterocycles. The Morgan fingerprint density at radius 3 is 2.89 bits per heavy atom. The van der Waals surface area contributed by atoms with Crippen LogP contribution in [0.3, 0.4) is 0 Å². The summed E-state index contributed by atoms with van der Waals surface area (Å²) in [5.41, 5.74) is 6.94. The highest BCUT2D eigenvalue weighted by molar-refractivity contribution is 7.80. The molecule has 0 atom stereocenters. The van der Waals surface area contributed by atoms with Crippen LogP contribution in [0.5, 0.6) is 0 Å². The third-order valence-corrected chi connectivity index (χ3v) is 2.45. The van der Waals surface area contributed by atoms with Gasteiger partial charge in [-0.05, 0) is 12.0 Å². The summed E-state index contributed by atoms with van der Waals surface area (Å²) < 4.78 is 0. The van der Waals surface area contributed by atoms with Gasteiger partial charge in [0.25, 0.3) is 0 Å². The van der Waals surface area contributed by atoms with Crippen LogP contribution >= 0.6 is 12.2 Å². The summed E-state index contributed by atoms with van der Waals surface area (Å²) in [7, 11) is 0. The Morgan fingerprint density at radius 2 is 2.28 bits per heavy atom. The van der Waals surface area contributed by atoms with Crippen LogP contribution in [-0.2, 0) is 4.79 Å². The van der Waals surface area contributed by atoms with Gasteiger partial charge in [0.05, 0.1) is 18.4 Å². The predicted octanol–water partition coefficient (Wildman–Crippen LogP) is 0.900. The van der Waals surface area contributed by atoms with Crippen molar-refractivity contribution in [1.82, 2.24) is 10.3 Å². The molecule has 0 saturated heterocycles. The van der Waals surface area contributed by atoms with Crippen LogP contribution in [0.15, 0.2) is 18.5 Å². The number of amides is 1. The molecule has 6 heteroatoms. The number of hydrogen-bond donors (Lipinski definition) is 3. The number of thiocarbonyl (C=S) groups is 1. The highest BCUT2D eigenvalue weighted by Crippen LogP contribution is 2.12. The molecule has 1 aromatic rings. The number of nitrogens with zero attached hydrogens (tertiary/aromatic N) is 1. The molecule has 0 aromatic carbocycles. The fraction of sp³-hybridized carbons (Fsp3) is 0.417. The Kier molecular flexibility index (Phi) is 5.51. The number of carbonyl (C=O) groups excluding carboxylic acids is 1. The third kappa shape index (κ3) is 4.67. The zero-order valence-electron chi connectivity index (χ0n) is 10.6. The van der Waals surface area contributed by atoms with Crippen LogP contribution in [0.2, 0.25) is 0 Å². The lowest BCUT2D eigenvalue weighted by molar-refractivity contribution is -0.119. The lowest BCUT2D eigenvalue weighted by atomic mass is 10.2. The Morgan fingerprint density at radius 1 is 1.56 bits per heavy atom. The Labute approximate surface area is 112 Å². The van der Waals surface area contributed by atoms with E-state index >= 15 is 0 Å². The van der Waals surface area contributed by atoms with Crippen LogP contribution in [0.25, 0.3) is 0 Å². The second-order valence-electron chi connectivity index (χ2n) is 4.34. The lowest BCUT2D eigenvalue weighted by Gasteiger charge is -2.11. The second kappa shape index (κ2) is 6.90. The van der Waals surface area contributed by atoms with Crippen molar-refractivity contribution >= 4 is 28.8 Å². The second-order valence-corrected chi connectivity index (χ2v) is 4.78. The third-order valence-electron chi connectivity index (χ3n) is 2.23. The van der Waals surface area contributed by atoms with Gasteiger partial charge in [0.1, 0.15) is 4.99 Å². The van der Waals surface area contributed by atoms with Crippen LogP contribution < -0.4 is 16.4 Å². The van der Waals surface area contributed by atoms with E-state index in [1.54, 1.807) is 18.5 Å². The maximum atomic E-state index is 11.5. The van der Waals surface area contributed by atoms with Crippen LogP contribution in [-0.4, -0.2) is 29.0 Å². The van der Waals surface area contributed by atoms with Crippen molar-refractivity contribution in [3.8, 4) is 0 Å². The Balaban J connectivity index is 2.53. The van der Waals surface area contributed by atoms with Crippen molar-refractivity contribution in [3.05, 3.63) is 24.0 Å². The molecule has 0 bridgehead atoms. The summed E-state index contributed by atoms with van der Waals surface area (Å²) in [6.07, 6.45) is 3.21. The average Bonchev–Trinajstić information content (AvgIpc) is 2.34. The Bertz CT molecular complexity index is 434. The summed E-state index contributed by atoms with van der Waals surface area (Å²) in [4.78, 5) is 15.8. The molecule has 0 aliphatic rings. The van der Waals surface area contributed by atoms with Crippen LogP contribution in [0, 0.1) is 5.92 Å². The number of anilines is 1. The molecule has 0 saturated carbocycles. The zero-order chi connectivity index (χ0) is 13.5. The highest BCUT2D eigenvalue weighted by atomic mass is 32.1. The summed E-state index contributed by atoms with van der Waals surface area (Å²) in [5, 5.41) is 5.79. The average molecular weight is 266 g/mol. The quantitative estimate of drug-likeness (QED) is 0.667. The SMILES string of the molecule is CC(C)CNC(=O)CNc1cnccc1C(N)=S. The minimum absolute atomic E-state index is 0.0681. The molecule has 18 heavy (non-hydrogen) atoms. The van der Waals surface area contributed by atoms with E-state index in [-0.39, 0.29) is 17.4 Å². The van der Waals surface area contributed by atoms with Crippen molar-refractivity contribution in [2.75, 3.05) is 18.4 Å². The Hall–Kier alpha value is -1.69. The molecule has 1 heterocycles. The van der Waals surface area contributed by atoms with E-state index in [0.717, 1.165) is 0 Å². The number of pyridine rings is 1. The van der Waals surface area contributed by atoms with E-state index in [9.17, 15) is 4.79 Å². The van der Waals surface area contributed by atoms with Crippen molar-refractivity contribution in [3.63, 3.8) is 0 Å². The number of carbonyl (C=O) groups is 1. The largest absolute Gasteiger partial charge is 0.389 e. The molecule has 0 aliphatic carbocycles. The monoisotopic (exact) mass is 266 g/mol. The molecule has 5 nitrogen and oxygen atoms in total. The number of aromatic nitrogens is 1. The first-order chi connectivity index (χ1) is 8.50. The van der Waals surface area contributed by atoms with E-state index in [2.05, 4.69) is 15.6 Å². The van der Waals surface area contributed by atoms with Gasteiger partial charge in [-0.25, -0.2) is 0 Å². The summed E-state index contributed by atoms with van der Waals surface area (Å²) in [6.45, 7) is 4.92. The smallest absolute Gasteiger partial charge is 0.239 e. The number of nitrogens with one attached hydrogen (secondary N) is 2. The summed E-state index contributed by atoms with van der Waals surface area (Å²) in [5.74, 6) is 0.362. The first kappa shape index (κ1) is 14.4. The number of rotatable bonds is 6. The zero-order valence-corrected chi connectivity index (χ0v) is 11.4. The molecule has 1 rings (SSSR count). The van der Waals surface area contributed by atoms with E-state index < -0.39 is 0 Å². The molecule has 4 N–H and O–H groups in total. The fourth-order valence-electron chi connectivity index (χ4n) is 1.31. The predicted molar refractivity (Wildman–Crippen MR) is 76.5 cm³/mol. The minimum Gasteiger partial charge on any atom is -0.389 e. The van der Waals surface area contributed by atoms with Gasteiger partial charge in [0.2, 0.25) is 5.91 Å². The van der Waals surface area contributed by atoms with Crippen LogP contribution in [0.4, 0.5) is 5.69 Å². The molecule has 0 unspecified atom stereocenters. The lowest BCUT2D eigenvalue weighted by Crippen LogP contribution is -2.32. The van der Waals surface area contributed by atoms with Crippen molar-refractivity contribution < 1.29 is 4.79 Å². The normalized spacial score (nSPS) is 10.2.